The number of anilines is 2. The average molecular weight is 254 g/mol. The Morgan fingerprint density at radius 3 is 2.89 bits per heavy atom. The summed E-state index contributed by atoms with van der Waals surface area (Å²) in [5.41, 5.74) is 1.03. The van der Waals surface area contributed by atoms with Crippen molar-refractivity contribution in [2.75, 3.05) is 23.4 Å². The van der Waals surface area contributed by atoms with Gasteiger partial charge in [0.1, 0.15) is 6.33 Å². The molecule has 4 N–H and O–H groups in total. The number of hydrogen-bond acceptors (Lipinski definition) is 8. The molecule has 98 valence electrons. The first-order chi connectivity index (χ1) is 8.44. The number of rotatable bonds is 3. The van der Waals surface area contributed by atoms with Gasteiger partial charge in [-0.05, 0) is 13.3 Å². The van der Waals surface area contributed by atoms with Gasteiger partial charge in [-0.15, -0.1) is 0 Å². The zero-order valence-corrected chi connectivity index (χ0v) is 9.83. The molecule has 0 aliphatic carbocycles. The van der Waals surface area contributed by atoms with Gasteiger partial charge in [0.05, 0.1) is 10.5 Å². The van der Waals surface area contributed by atoms with E-state index in [1.165, 1.54) is 6.33 Å². The van der Waals surface area contributed by atoms with Crippen LogP contribution in [-0.4, -0.2) is 38.7 Å². The van der Waals surface area contributed by atoms with Gasteiger partial charge in [0.15, 0.2) is 0 Å². The summed E-state index contributed by atoms with van der Waals surface area (Å²) in [6.45, 7) is 2.46. The van der Waals surface area contributed by atoms with Crippen LogP contribution in [0.4, 0.5) is 17.3 Å². The number of β-amino-alcohol motifs (C(OH)–C–C–N with tert-alkyl or cyclic N) is 1. The maximum absolute atomic E-state index is 11.1. The van der Waals surface area contributed by atoms with Crippen molar-refractivity contribution in [3.05, 3.63) is 16.4 Å². The van der Waals surface area contributed by atoms with Gasteiger partial charge in [0.25, 0.3) is 0 Å². The van der Waals surface area contributed by atoms with E-state index < -0.39 is 10.5 Å². The quantitative estimate of drug-likeness (QED) is 0.378. The van der Waals surface area contributed by atoms with Gasteiger partial charge in [-0.25, -0.2) is 15.8 Å². The lowest BCUT2D eigenvalue weighted by molar-refractivity contribution is -0.383. The average Bonchev–Trinajstić information content (AvgIpc) is 2.68. The molecule has 0 saturated carbocycles. The van der Waals surface area contributed by atoms with Crippen molar-refractivity contribution >= 4 is 17.3 Å². The van der Waals surface area contributed by atoms with Crippen LogP contribution >= 0.6 is 0 Å². The molecular weight excluding hydrogens is 240 g/mol. The fourth-order valence-corrected chi connectivity index (χ4v) is 2.00. The van der Waals surface area contributed by atoms with Crippen LogP contribution in [0.25, 0.3) is 0 Å². The molecule has 1 aliphatic heterocycles. The Kier molecular flexibility index (Phi) is 3.01. The molecule has 1 aliphatic rings. The third-order valence-electron chi connectivity index (χ3n) is 2.87. The van der Waals surface area contributed by atoms with Crippen molar-refractivity contribution in [2.45, 2.75) is 18.9 Å². The SMILES string of the molecule is CC1(O)CCN(c2ncnc(NN)c2[N+](=O)[O-])C1. The lowest BCUT2D eigenvalue weighted by Crippen LogP contribution is -2.30. The summed E-state index contributed by atoms with van der Waals surface area (Å²) in [7, 11) is 0. The summed E-state index contributed by atoms with van der Waals surface area (Å²) in [6.07, 6.45) is 1.73. The van der Waals surface area contributed by atoms with E-state index in [-0.39, 0.29) is 23.9 Å². The topological polar surface area (TPSA) is 130 Å². The van der Waals surface area contributed by atoms with E-state index in [2.05, 4.69) is 15.4 Å². The molecule has 2 heterocycles. The number of hydrogen-bond donors (Lipinski definition) is 3. The fraction of sp³-hybridized carbons (Fsp3) is 0.556. The minimum Gasteiger partial charge on any atom is -0.388 e. The Bertz CT molecular complexity index is 477. The zero-order chi connectivity index (χ0) is 13.3. The van der Waals surface area contributed by atoms with Crippen LogP contribution in [0.3, 0.4) is 0 Å². The van der Waals surface area contributed by atoms with Gasteiger partial charge >= 0.3 is 5.69 Å². The molecule has 1 saturated heterocycles. The van der Waals surface area contributed by atoms with Crippen LogP contribution < -0.4 is 16.2 Å². The molecule has 1 fully saturated rings. The van der Waals surface area contributed by atoms with Gasteiger partial charge in [-0.2, -0.15) is 0 Å². The molecular formula is C9H14N6O3. The van der Waals surface area contributed by atoms with Crippen molar-refractivity contribution in [2.24, 2.45) is 5.84 Å². The zero-order valence-electron chi connectivity index (χ0n) is 9.83. The molecule has 0 aromatic carbocycles. The van der Waals surface area contributed by atoms with Crippen LogP contribution in [0.1, 0.15) is 13.3 Å². The lowest BCUT2D eigenvalue weighted by atomic mass is 10.1. The molecule has 1 aromatic heterocycles. The number of aliphatic hydroxyl groups is 1. The normalized spacial score (nSPS) is 23.2. The molecule has 9 nitrogen and oxygen atoms in total. The van der Waals surface area contributed by atoms with E-state index in [4.69, 9.17) is 5.84 Å². The van der Waals surface area contributed by atoms with Crippen LogP contribution in [-0.2, 0) is 0 Å². The van der Waals surface area contributed by atoms with Gasteiger partial charge in [0.2, 0.25) is 11.6 Å². The number of nitrogens with zero attached hydrogens (tertiary/aromatic N) is 4. The Hall–Kier alpha value is -2.00. The van der Waals surface area contributed by atoms with E-state index in [0.29, 0.717) is 13.0 Å². The third-order valence-corrected chi connectivity index (χ3v) is 2.87. The molecule has 0 amide bonds. The van der Waals surface area contributed by atoms with E-state index in [0.717, 1.165) is 0 Å². The molecule has 0 spiro atoms. The van der Waals surface area contributed by atoms with Crippen LogP contribution in [0, 0.1) is 10.1 Å². The number of nitro groups is 1. The van der Waals surface area contributed by atoms with E-state index >= 15 is 0 Å². The van der Waals surface area contributed by atoms with Crippen LogP contribution in [0.15, 0.2) is 6.33 Å². The largest absolute Gasteiger partial charge is 0.388 e. The fourth-order valence-electron chi connectivity index (χ4n) is 2.00. The highest BCUT2D eigenvalue weighted by molar-refractivity contribution is 5.70. The molecule has 18 heavy (non-hydrogen) atoms. The van der Waals surface area contributed by atoms with Gasteiger partial charge in [-0.1, -0.05) is 0 Å². The smallest absolute Gasteiger partial charge is 0.354 e. The molecule has 9 heteroatoms. The molecule has 1 atom stereocenters. The minimum atomic E-state index is -0.866. The first-order valence-corrected chi connectivity index (χ1v) is 5.38. The number of nitrogens with two attached hydrogens (primary N) is 1. The second-order valence-electron chi connectivity index (χ2n) is 4.46. The summed E-state index contributed by atoms with van der Waals surface area (Å²) in [6, 6.07) is 0. The Balaban J connectivity index is 2.42. The lowest BCUT2D eigenvalue weighted by Gasteiger charge is -2.19. The predicted molar refractivity (Wildman–Crippen MR) is 64.0 cm³/mol. The second kappa shape index (κ2) is 4.35. The molecule has 1 unspecified atom stereocenters. The summed E-state index contributed by atoms with van der Waals surface area (Å²) in [5.74, 6) is 5.32. The Morgan fingerprint density at radius 2 is 2.39 bits per heavy atom. The monoisotopic (exact) mass is 254 g/mol. The first-order valence-electron chi connectivity index (χ1n) is 5.38. The van der Waals surface area contributed by atoms with Gasteiger partial charge < -0.3 is 15.4 Å². The summed E-state index contributed by atoms with van der Waals surface area (Å²) < 4.78 is 0. The highest BCUT2D eigenvalue weighted by Gasteiger charge is 2.36. The minimum absolute atomic E-state index is 0.0449. The van der Waals surface area contributed by atoms with Crippen molar-refractivity contribution in [3.63, 3.8) is 0 Å². The van der Waals surface area contributed by atoms with E-state index in [9.17, 15) is 15.2 Å². The van der Waals surface area contributed by atoms with Crippen LogP contribution in [0.2, 0.25) is 0 Å². The second-order valence-corrected chi connectivity index (χ2v) is 4.46. The molecule has 0 bridgehead atoms. The first kappa shape index (κ1) is 12.5. The molecule has 2 rings (SSSR count). The van der Waals surface area contributed by atoms with Gasteiger partial charge in [0, 0.05) is 13.1 Å². The highest BCUT2D eigenvalue weighted by Crippen LogP contribution is 2.34. The van der Waals surface area contributed by atoms with Crippen molar-refractivity contribution in [1.82, 2.24) is 9.97 Å². The van der Waals surface area contributed by atoms with E-state index in [1.807, 2.05) is 0 Å². The summed E-state index contributed by atoms with van der Waals surface area (Å²) >= 11 is 0. The number of aromatic nitrogens is 2. The highest BCUT2D eigenvalue weighted by atomic mass is 16.6. The van der Waals surface area contributed by atoms with Crippen molar-refractivity contribution < 1.29 is 10.0 Å². The number of hydrazine groups is 1. The van der Waals surface area contributed by atoms with Crippen LogP contribution in [0.5, 0.6) is 0 Å². The third kappa shape index (κ3) is 2.17. The maximum Gasteiger partial charge on any atom is 0.354 e. The Morgan fingerprint density at radius 1 is 1.67 bits per heavy atom. The van der Waals surface area contributed by atoms with Gasteiger partial charge in [-0.3, -0.25) is 10.1 Å². The summed E-state index contributed by atoms with van der Waals surface area (Å²) in [5, 5.41) is 20.9. The number of nitrogen functional groups attached to an aromatic ring is 1. The maximum atomic E-state index is 11.1. The Labute approximate surface area is 103 Å². The number of nitrogens with one attached hydrogen (secondary N) is 1. The molecule has 1 aromatic rings. The van der Waals surface area contributed by atoms with E-state index in [1.54, 1.807) is 11.8 Å². The van der Waals surface area contributed by atoms with Crippen molar-refractivity contribution in [3.8, 4) is 0 Å². The van der Waals surface area contributed by atoms with Crippen molar-refractivity contribution in [1.29, 1.82) is 0 Å². The summed E-state index contributed by atoms with van der Waals surface area (Å²) in [4.78, 5) is 19.8. The molecule has 0 radical (unpaired) electrons. The standard InChI is InChI=1S/C9H14N6O3/c1-9(16)2-3-14(4-9)8-6(15(17)18)7(13-10)11-5-12-8/h5,16H,2-4,10H2,1H3,(H,11,12,13). The predicted octanol–water partition coefficient (Wildman–Crippen LogP) is -0.369.